The minimum absolute atomic E-state index is 0.349. The fourth-order valence-corrected chi connectivity index (χ4v) is 2.74. The average Bonchev–Trinajstić information content (AvgIpc) is 2.74. The highest BCUT2D eigenvalue weighted by molar-refractivity contribution is 5.26. The molecule has 2 rings (SSSR count). The Morgan fingerprint density at radius 1 is 1.20 bits per heavy atom. The van der Waals surface area contributed by atoms with Crippen LogP contribution < -0.4 is 4.74 Å². The van der Waals surface area contributed by atoms with Crippen LogP contribution in [-0.4, -0.2) is 30.6 Å². The van der Waals surface area contributed by atoms with Crippen molar-refractivity contribution in [1.82, 2.24) is 4.90 Å². The molecule has 2 atom stereocenters. The Labute approximate surface area is 125 Å². The van der Waals surface area contributed by atoms with E-state index in [0.29, 0.717) is 12.1 Å². The van der Waals surface area contributed by atoms with E-state index in [2.05, 4.69) is 57.0 Å². The van der Waals surface area contributed by atoms with Crippen LogP contribution in [0.25, 0.3) is 0 Å². The largest absolute Gasteiger partial charge is 0.489 e. The van der Waals surface area contributed by atoms with Crippen LogP contribution in [0.2, 0.25) is 0 Å². The van der Waals surface area contributed by atoms with Crippen molar-refractivity contribution >= 4 is 0 Å². The molecule has 0 saturated carbocycles. The molecule has 0 spiro atoms. The number of hydrogen-bond donors (Lipinski definition) is 0. The maximum absolute atomic E-state index is 6.07. The van der Waals surface area contributed by atoms with E-state index in [-0.39, 0.29) is 0 Å². The predicted molar refractivity (Wildman–Crippen MR) is 87.4 cm³/mol. The first kappa shape index (κ1) is 17.0. The minimum atomic E-state index is 0.349. The second-order valence-corrected chi connectivity index (χ2v) is 6.01. The molecule has 0 amide bonds. The van der Waals surface area contributed by atoms with Crippen LogP contribution in [0.1, 0.15) is 46.1 Å². The van der Waals surface area contributed by atoms with Crippen LogP contribution in [0, 0.1) is 12.8 Å². The molecule has 0 bridgehead atoms. The summed E-state index contributed by atoms with van der Waals surface area (Å²) in [4.78, 5) is 2.44. The molecule has 1 saturated heterocycles. The topological polar surface area (TPSA) is 12.5 Å². The third kappa shape index (κ3) is 5.16. The molecule has 1 aromatic rings. The van der Waals surface area contributed by atoms with Gasteiger partial charge in [-0.1, -0.05) is 45.4 Å². The van der Waals surface area contributed by atoms with E-state index in [4.69, 9.17) is 4.74 Å². The Balaban J connectivity index is 0.000000956. The standard InChI is InChI=1S/C16H25NO.C2H6/c1-12(2)9-14-10-16(11-17(14)4)18-15-7-5-13(3)6-8-15;1-2/h5-8,12,14,16H,9-11H2,1-4H3;1-2H3. The molecule has 0 aliphatic carbocycles. The lowest BCUT2D eigenvalue weighted by Crippen LogP contribution is -2.26. The maximum Gasteiger partial charge on any atom is 0.119 e. The van der Waals surface area contributed by atoms with Gasteiger partial charge in [-0.25, -0.2) is 0 Å². The highest BCUT2D eigenvalue weighted by Gasteiger charge is 2.30. The normalized spacial score (nSPS) is 22.6. The van der Waals surface area contributed by atoms with E-state index in [9.17, 15) is 0 Å². The van der Waals surface area contributed by atoms with Crippen LogP contribution in [0.3, 0.4) is 0 Å². The van der Waals surface area contributed by atoms with Gasteiger partial charge in [0.05, 0.1) is 0 Å². The van der Waals surface area contributed by atoms with E-state index < -0.39 is 0 Å². The lowest BCUT2D eigenvalue weighted by atomic mass is 10.0. The fourth-order valence-electron chi connectivity index (χ4n) is 2.74. The summed E-state index contributed by atoms with van der Waals surface area (Å²) < 4.78 is 6.07. The number of likely N-dealkylation sites (tertiary alicyclic amines) is 1. The monoisotopic (exact) mass is 277 g/mol. The minimum Gasteiger partial charge on any atom is -0.489 e. The number of likely N-dealkylation sites (N-methyl/N-ethyl adjacent to an activating group) is 1. The van der Waals surface area contributed by atoms with Gasteiger partial charge >= 0.3 is 0 Å². The van der Waals surface area contributed by atoms with Crippen LogP contribution in [0.4, 0.5) is 0 Å². The Bertz CT molecular complexity index is 372. The SMILES string of the molecule is CC.Cc1ccc(OC2CC(CC(C)C)N(C)C2)cc1. The molecule has 1 fully saturated rings. The van der Waals surface area contributed by atoms with Crippen molar-refractivity contribution in [3.8, 4) is 5.75 Å². The van der Waals surface area contributed by atoms with Crippen molar-refractivity contribution in [3.05, 3.63) is 29.8 Å². The summed E-state index contributed by atoms with van der Waals surface area (Å²) in [7, 11) is 2.21. The second kappa shape index (κ2) is 8.31. The second-order valence-electron chi connectivity index (χ2n) is 6.01. The number of rotatable bonds is 4. The first-order valence-electron chi connectivity index (χ1n) is 7.98. The van der Waals surface area contributed by atoms with Gasteiger partial charge < -0.3 is 4.74 Å². The molecular weight excluding hydrogens is 246 g/mol. The number of nitrogens with zero attached hydrogens (tertiary/aromatic N) is 1. The first-order chi connectivity index (χ1) is 9.54. The van der Waals surface area contributed by atoms with Crippen molar-refractivity contribution < 1.29 is 4.74 Å². The molecule has 0 radical (unpaired) electrons. The van der Waals surface area contributed by atoms with Crippen LogP contribution in [0.5, 0.6) is 5.75 Å². The molecule has 20 heavy (non-hydrogen) atoms. The van der Waals surface area contributed by atoms with Crippen LogP contribution in [0.15, 0.2) is 24.3 Å². The molecule has 1 aliphatic rings. The molecule has 2 heteroatoms. The molecule has 1 aromatic carbocycles. The molecule has 0 N–H and O–H groups in total. The van der Waals surface area contributed by atoms with Crippen molar-refractivity contribution in [1.29, 1.82) is 0 Å². The van der Waals surface area contributed by atoms with Gasteiger partial charge in [0.25, 0.3) is 0 Å². The van der Waals surface area contributed by atoms with Gasteiger partial charge in [0.1, 0.15) is 11.9 Å². The van der Waals surface area contributed by atoms with Gasteiger partial charge in [0.15, 0.2) is 0 Å². The molecule has 1 aliphatic heterocycles. The molecule has 114 valence electrons. The average molecular weight is 277 g/mol. The first-order valence-corrected chi connectivity index (χ1v) is 7.98. The predicted octanol–water partition coefficient (Wildman–Crippen LogP) is 4.52. The fraction of sp³-hybridized carbons (Fsp3) is 0.667. The highest BCUT2D eigenvalue weighted by atomic mass is 16.5. The summed E-state index contributed by atoms with van der Waals surface area (Å²) in [5.74, 6) is 1.76. The third-order valence-electron chi connectivity index (χ3n) is 3.72. The van der Waals surface area contributed by atoms with E-state index >= 15 is 0 Å². The number of aryl methyl sites for hydroxylation is 1. The van der Waals surface area contributed by atoms with Gasteiger partial charge in [0, 0.05) is 19.0 Å². The number of ether oxygens (including phenoxy) is 1. The van der Waals surface area contributed by atoms with Crippen molar-refractivity contribution in [2.24, 2.45) is 5.92 Å². The smallest absolute Gasteiger partial charge is 0.119 e. The van der Waals surface area contributed by atoms with Gasteiger partial charge in [0.2, 0.25) is 0 Å². The van der Waals surface area contributed by atoms with Crippen molar-refractivity contribution in [2.75, 3.05) is 13.6 Å². The molecule has 2 nitrogen and oxygen atoms in total. The zero-order chi connectivity index (χ0) is 15.1. The summed E-state index contributed by atoms with van der Waals surface area (Å²) in [6.07, 6.45) is 2.77. The maximum atomic E-state index is 6.07. The van der Waals surface area contributed by atoms with Gasteiger partial charge in [-0.15, -0.1) is 0 Å². The Morgan fingerprint density at radius 2 is 1.80 bits per heavy atom. The number of benzene rings is 1. The summed E-state index contributed by atoms with van der Waals surface area (Å²) in [5.41, 5.74) is 1.28. The summed E-state index contributed by atoms with van der Waals surface area (Å²) in [6, 6.07) is 9.05. The molecule has 0 aromatic heterocycles. The van der Waals surface area contributed by atoms with Crippen molar-refractivity contribution in [2.45, 2.75) is 59.6 Å². The quantitative estimate of drug-likeness (QED) is 0.802. The Morgan fingerprint density at radius 3 is 2.35 bits per heavy atom. The Hall–Kier alpha value is -1.02. The van der Waals surface area contributed by atoms with E-state index in [1.165, 1.54) is 12.0 Å². The van der Waals surface area contributed by atoms with Gasteiger partial charge in [-0.2, -0.15) is 0 Å². The lowest BCUT2D eigenvalue weighted by molar-refractivity contribution is 0.207. The summed E-state index contributed by atoms with van der Waals surface area (Å²) >= 11 is 0. The molecule has 1 heterocycles. The third-order valence-corrected chi connectivity index (χ3v) is 3.72. The van der Waals surface area contributed by atoms with Crippen molar-refractivity contribution in [3.63, 3.8) is 0 Å². The Kier molecular flexibility index (Phi) is 7.08. The van der Waals surface area contributed by atoms with E-state index in [1.807, 2.05) is 13.8 Å². The van der Waals surface area contributed by atoms with Crippen LogP contribution >= 0.6 is 0 Å². The summed E-state index contributed by atoms with van der Waals surface area (Å²) in [6.45, 7) is 11.7. The number of hydrogen-bond acceptors (Lipinski definition) is 2. The molecule has 2 unspecified atom stereocenters. The zero-order valence-corrected chi connectivity index (χ0v) is 14.0. The van der Waals surface area contributed by atoms with Gasteiger partial charge in [-0.3, -0.25) is 4.90 Å². The lowest BCUT2D eigenvalue weighted by Gasteiger charge is -2.20. The van der Waals surface area contributed by atoms with Gasteiger partial charge in [-0.05, 0) is 38.4 Å². The van der Waals surface area contributed by atoms with E-state index in [1.54, 1.807) is 0 Å². The highest BCUT2D eigenvalue weighted by Crippen LogP contribution is 2.25. The zero-order valence-electron chi connectivity index (χ0n) is 14.0. The molecular formula is C18H31NO. The van der Waals surface area contributed by atoms with E-state index in [0.717, 1.165) is 24.6 Å². The summed E-state index contributed by atoms with van der Waals surface area (Å²) in [5, 5.41) is 0. The van der Waals surface area contributed by atoms with Crippen LogP contribution in [-0.2, 0) is 0 Å².